The van der Waals surface area contributed by atoms with Crippen molar-refractivity contribution in [2.45, 2.75) is 32.9 Å². The van der Waals surface area contributed by atoms with Gasteiger partial charge >= 0.3 is 12.2 Å². The third kappa shape index (κ3) is 5.33. The number of hydrogen-bond acceptors (Lipinski definition) is 2. The summed E-state index contributed by atoms with van der Waals surface area (Å²) >= 11 is 0. The Morgan fingerprint density at radius 2 is 1.87 bits per heavy atom. The van der Waals surface area contributed by atoms with Crippen LogP contribution in [0.3, 0.4) is 0 Å². The summed E-state index contributed by atoms with van der Waals surface area (Å²) in [5, 5.41) is 2.61. The summed E-state index contributed by atoms with van der Waals surface area (Å²) in [6.45, 7) is 4.94. The van der Waals surface area contributed by atoms with Crippen LogP contribution in [0, 0.1) is 0 Å². The van der Waals surface area contributed by atoms with Gasteiger partial charge in [-0.3, -0.25) is 0 Å². The van der Waals surface area contributed by atoms with Crippen molar-refractivity contribution in [2.75, 3.05) is 37.4 Å². The maximum Gasteiger partial charge on any atom is 0.416 e. The molecule has 0 unspecified atom stereocenters. The van der Waals surface area contributed by atoms with Crippen LogP contribution in [0.1, 0.15) is 32.3 Å². The number of urea groups is 1. The fourth-order valence-corrected chi connectivity index (χ4v) is 2.15. The van der Waals surface area contributed by atoms with Crippen molar-refractivity contribution in [3.8, 4) is 0 Å². The lowest BCUT2D eigenvalue weighted by molar-refractivity contribution is -0.137. The van der Waals surface area contributed by atoms with Crippen LogP contribution in [0.25, 0.3) is 0 Å². The highest BCUT2D eigenvalue weighted by Gasteiger charge is 2.31. The Labute approximate surface area is 135 Å². The van der Waals surface area contributed by atoms with E-state index >= 15 is 0 Å². The van der Waals surface area contributed by atoms with Crippen LogP contribution in [0.15, 0.2) is 18.2 Å². The van der Waals surface area contributed by atoms with Crippen molar-refractivity contribution in [2.24, 2.45) is 0 Å². The lowest BCUT2D eigenvalue weighted by atomic mass is 10.1. The molecule has 1 aromatic carbocycles. The number of amides is 2. The smallest absolute Gasteiger partial charge is 0.376 e. The van der Waals surface area contributed by atoms with Gasteiger partial charge < -0.3 is 15.1 Å². The number of benzene rings is 1. The fraction of sp³-hybridized carbons (Fsp3) is 0.562. The maximum absolute atomic E-state index is 12.9. The minimum absolute atomic E-state index is 0.157. The summed E-state index contributed by atoms with van der Waals surface area (Å²) in [7, 11) is 3.43. The van der Waals surface area contributed by atoms with Crippen LogP contribution in [0.4, 0.5) is 29.3 Å². The second-order valence-corrected chi connectivity index (χ2v) is 5.49. The van der Waals surface area contributed by atoms with E-state index in [1.807, 2.05) is 13.8 Å². The second kappa shape index (κ2) is 8.08. The van der Waals surface area contributed by atoms with Gasteiger partial charge in [0.2, 0.25) is 0 Å². The number of carbonyl (C=O) groups is 1. The van der Waals surface area contributed by atoms with E-state index in [1.54, 1.807) is 23.9 Å². The minimum atomic E-state index is -4.45. The number of hydrogen-bond donors (Lipinski definition) is 1. The average molecular weight is 331 g/mol. The quantitative estimate of drug-likeness (QED) is 0.837. The van der Waals surface area contributed by atoms with E-state index in [4.69, 9.17) is 0 Å². The molecule has 0 heterocycles. The lowest BCUT2D eigenvalue weighted by Gasteiger charge is -2.24. The molecule has 0 aromatic heterocycles. The van der Waals surface area contributed by atoms with E-state index < -0.39 is 11.7 Å². The highest BCUT2D eigenvalue weighted by atomic mass is 19.4. The first kappa shape index (κ1) is 19.1. The number of unbranched alkanes of at least 4 members (excludes halogenated alkanes) is 1. The van der Waals surface area contributed by atoms with Crippen LogP contribution in [0.2, 0.25) is 0 Å². The van der Waals surface area contributed by atoms with Crippen molar-refractivity contribution < 1.29 is 18.0 Å². The van der Waals surface area contributed by atoms with Gasteiger partial charge in [-0.2, -0.15) is 13.2 Å². The molecule has 0 radical (unpaired) electrons. The molecule has 0 aliphatic carbocycles. The molecule has 0 atom stereocenters. The number of nitrogens with zero attached hydrogens (tertiary/aromatic N) is 2. The molecule has 0 aliphatic rings. The molecule has 7 heteroatoms. The Morgan fingerprint density at radius 1 is 1.22 bits per heavy atom. The molecule has 0 aliphatic heterocycles. The normalized spacial score (nSPS) is 11.3. The standard InChI is InChI=1S/C16H24F3N3O/c1-5-7-10-22(6-2)15(23)20-13-11-12(16(17,18)19)8-9-14(13)21(3)4/h8-9,11H,5-7,10H2,1-4H3,(H,20,23). The van der Waals surface area contributed by atoms with Crippen LogP contribution >= 0.6 is 0 Å². The van der Waals surface area contributed by atoms with E-state index in [9.17, 15) is 18.0 Å². The van der Waals surface area contributed by atoms with Crippen LogP contribution in [-0.2, 0) is 6.18 Å². The monoisotopic (exact) mass is 331 g/mol. The van der Waals surface area contributed by atoms with Gasteiger partial charge in [0.15, 0.2) is 0 Å². The van der Waals surface area contributed by atoms with Crippen LogP contribution in [-0.4, -0.2) is 38.1 Å². The second-order valence-electron chi connectivity index (χ2n) is 5.49. The van der Waals surface area contributed by atoms with Gasteiger partial charge in [-0.25, -0.2) is 4.79 Å². The van der Waals surface area contributed by atoms with Gasteiger partial charge in [0.25, 0.3) is 0 Å². The molecule has 1 rings (SSSR count). The van der Waals surface area contributed by atoms with E-state index in [1.165, 1.54) is 6.07 Å². The van der Waals surface area contributed by atoms with Crippen molar-refractivity contribution in [1.29, 1.82) is 0 Å². The zero-order valence-electron chi connectivity index (χ0n) is 14.0. The molecular formula is C16H24F3N3O. The summed E-state index contributed by atoms with van der Waals surface area (Å²) in [4.78, 5) is 15.6. The minimum Gasteiger partial charge on any atom is -0.376 e. The zero-order valence-corrected chi connectivity index (χ0v) is 14.0. The third-order valence-electron chi connectivity index (χ3n) is 3.50. The van der Waals surface area contributed by atoms with Gasteiger partial charge in [0, 0.05) is 27.2 Å². The maximum atomic E-state index is 12.9. The van der Waals surface area contributed by atoms with Gasteiger partial charge in [0.1, 0.15) is 0 Å². The summed E-state index contributed by atoms with van der Waals surface area (Å²) < 4.78 is 38.7. The molecule has 23 heavy (non-hydrogen) atoms. The number of carbonyl (C=O) groups excluding carboxylic acids is 1. The summed E-state index contributed by atoms with van der Waals surface area (Å²) in [5.74, 6) is 0. The molecule has 0 bridgehead atoms. The molecule has 2 amide bonds. The van der Waals surface area contributed by atoms with Crippen molar-refractivity contribution in [3.63, 3.8) is 0 Å². The van der Waals surface area contributed by atoms with Crippen molar-refractivity contribution in [3.05, 3.63) is 23.8 Å². The van der Waals surface area contributed by atoms with Crippen molar-refractivity contribution in [1.82, 2.24) is 4.90 Å². The Hall–Kier alpha value is -1.92. The Bertz CT molecular complexity index is 530. The topological polar surface area (TPSA) is 35.6 Å². The summed E-state index contributed by atoms with van der Waals surface area (Å²) in [6.07, 6.45) is -2.66. The van der Waals surface area contributed by atoms with Gasteiger partial charge in [0.05, 0.1) is 16.9 Å². The predicted molar refractivity (Wildman–Crippen MR) is 86.9 cm³/mol. The lowest BCUT2D eigenvalue weighted by Crippen LogP contribution is -2.36. The first-order valence-corrected chi connectivity index (χ1v) is 7.65. The van der Waals surface area contributed by atoms with E-state index in [0.29, 0.717) is 18.8 Å². The Kier molecular flexibility index (Phi) is 6.72. The molecule has 0 saturated carbocycles. The zero-order chi connectivity index (χ0) is 17.6. The van der Waals surface area contributed by atoms with E-state index in [2.05, 4.69) is 5.32 Å². The molecular weight excluding hydrogens is 307 g/mol. The SMILES string of the molecule is CCCCN(CC)C(=O)Nc1cc(C(F)(F)F)ccc1N(C)C. The summed E-state index contributed by atoms with van der Waals surface area (Å²) in [6, 6.07) is 2.96. The number of alkyl halides is 3. The molecule has 1 N–H and O–H groups in total. The Balaban J connectivity index is 3.06. The highest BCUT2D eigenvalue weighted by Crippen LogP contribution is 2.35. The molecule has 0 fully saturated rings. The Morgan fingerprint density at radius 3 is 2.35 bits per heavy atom. The number of halogens is 3. The predicted octanol–water partition coefficient (Wildman–Crippen LogP) is 4.43. The highest BCUT2D eigenvalue weighted by molar-refractivity contribution is 5.93. The third-order valence-corrected chi connectivity index (χ3v) is 3.50. The number of anilines is 2. The van der Waals surface area contributed by atoms with Gasteiger partial charge in [-0.1, -0.05) is 13.3 Å². The first-order valence-electron chi connectivity index (χ1n) is 7.65. The van der Waals surface area contributed by atoms with Crippen molar-refractivity contribution >= 4 is 17.4 Å². The number of rotatable bonds is 6. The van der Waals surface area contributed by atoms with Crippen LogP contribution < -0.4 is 10.2 Å². The fourth-order valence-electron chi connectivity index (χ4n) is 2.15. The van der Waals surface area contributed by atoms with Crippen LogP contribution in [0.5, 0.6) is 0 Å². The molecule has 0 spiro atoms. The number of nitrogens with one attached hydrogen (secondary N) is 1. The average Bonchev–Trinajstić information content (AvgIpc) is 2.46. The molecule has 4 nitrogen and oxygen atoms in total. The summed E-state index contributed by atoms with van der Waals surface area (Å²) in [5.41, 5.74) is -0.0994. The molecule has 130 valence electrons. The van der Waals surface area contributed by atoms with Gasteiger partial charge in [-0.05, 0) is 31.5 Å². The largest absolute Gasteiger partial charge is 0.416 e. The first-order chi connectivity index (χ1) is 10.7. The van der Waals surface area contributed by atoms with E-state index in [-0.39, 0.29) is 11.7 Å². The molecule has 1 aromatic rings. The van der Waals surface area contributed by atoms with E-state index in [0.717, 1.165) is 25.0 Å². The van der Waals surface area contributed by atoms with Gasteiger partial charge in [-0.15, -0.1) is 0 Å². The molecule has 0 saturated heterocycles.